The fourth-order valence-electron chi connectivity index (χ4n) is 2.36. The number of carbonyl (C=O) groups excluding carboxylic acids is 1. The molecule has 3 aromatic rings. The SMILES string of the molecule is CC(=O)Oc1cc(=O)n(-c2ccccc2)c2ccc(Br)cc12. The molecule has 0 spiro atoms. The average molecular weight is 358 g/mol. The Labute approximate surface area is 135 Å². The molecule has 3 rings (SSSR count). The van der Waals surface area contributed by atoms with E-state index >= 15 is 0 Å². The topological polar surface area (TPSA) is 48.3 Å². The van der Waals surface area contributed by atoms with Crippen molar-refractivity contribution < 1.29 is 9.53 Å². The maximum Gasteiger partial charge on any atom is 0.308 e. The van der Waals surface area contributed by atoms with E-state index in [1.165, 1.54) is 13.0 Å². The summed E-state index contributed by atoms with van der Waals surface area (Å²) in [6, 6.07) is 16.2. The fraction of sp³-hybridized carbons (Fsp3) is 0.0588. The predicted molar refractivity (Wildman–Crippen MR) is 88.6 cm³/mol. The Balaban J connectivity index is 2.38. The number of hydrogen-bond donors (Lipinski definition) is 0. The van der Waals surface area contributed by atoms with Crippen LogP contribution < -0.4 is 10.3 Å². The summed E-state index contributed by atoms with van der Waals surface area (Å²) in [5.74, 6) is -0.195. The van der Waals surface area contributed by atoms with Gasteiger partial charge in [-0.2, -0.15) is 0 Å². The van der Waals surface area contributed by atoms with Crippen LogP contribution in [0.5, 0.6) is 5.75 Å². The van der Waals surface area contributed by atoms with Gasteiger partial charge < -0.3 is 4.74 Å². The normalized spacial score (nSPS) is 10.6. The van der Waals surface area contributed by atoms with Crippen LogP contribution in [0.15, 0.2) is 63.9 Å². The average Bonchev–Trinajstić information content (AvgIpc) is 2.48. The van der Waals surface area contributed by atoms with Gasteiger partial charge in [-0.3, -0.25) is 14.2 Å². The number of esters is 1. The lowest BCUT2D eigenvalue weighted by molar-refractivity contribution is -0.131. The summed E-state index contributed by atoms with van der Waals surface area (Å²) in [5, 5.41) is 0.688. The van der Waals surface area contributed by atoms with Crippen LogP contribution in [0, 0.1) is 0 Å². The summed E-state index contributed by atoms with van der Waals surface area (Å²) in [6.07, 6.45) is 0. The van der Waals surface area contributed by atoms with Crippen LogP contribution in [0.4, 0.5) is 0 Å². The van der Waals surface area contributed by atoms with Gasteiger partial charge >= 0.3 is 5.97 Å². The Bertz CT molecular complexity index is 916. The zero-order valence-electron chi connectivity index (χ0n) is 11.7. The van der Waals surface area contributed by atoms with Gasteiger partial charge in [-0.1, -0.05) is 34.1 Å². The molecule has 22 heavy (non-hydrogen) atoms. The Morgan fingerprint density at radius 2 is 1.82 bits per heavy atom. The van der Waals surface area contributed by atoms with Crippen molar-refractivity contribution in [2.45, 2.75) is 6.92 Å². The minimum Gasteiger partial charge on any atom is -0.426 e. The minimum atomic E-state index is -0.460. The van der Waals surface area contributed by atoms with Crippen molar-refractivity contribution in [2.75, 3.05) is 0 Å². The molecule has 2 aromatic carbocycles. The van der Waals surface area contributed by atoms with E-state index in [9.17, 15) is 9.59 Å². The molecule has 0 bridgehead atoms. The number of nitrogens with zero attached hydrogens (tertiary/aromatic N) is 1. The second kappa shape index (κ2) is 5.77. The van der Waals surface area contributed by atoms with Crippen LogP contribution in [0.2, 0.25) is 0 Å². The molecule has 0 amide bonds. The number of rotatable bonds is 2. The molecule has 0 unspecified atom stereocenters. The molecule has 0 fully saturated rings. The van der Waals surface area contributed by atoms with Gasteiger partial charge in [0.15, 0.2) is 0 Å². The third-order valence-corrected chi connectivity index (χ3v) is 3.70. The first-order valence-corrected chi connectivity index (χ1v) is 7.45. The van der Waals surface area contributed by atoms with Crippen molar-refractivity contribution in [3.05, 3.63) is 69.4 Å². The number of fused-ring (bicyclic) bond motifs is 1. The number of para-hydroxylation sites is 1. The van der Waals surface area contributed by atoms with Crippen LogP contribution >= 0.6 is 15.9 Å². The Kier molecular flexibility index (Phi) is 3.81. The molecular weight excluding hydrogens is 346 g/mol. The zero-order valence-corrected chi connectivity index (χ0v) is 13.3. The molecule has 0 aliphatic carbocycles. The van der Waals surface area contributed by atoms with E-state index in [0.717, 1.165) is 10.2 Å². The molecule has 4 nitrogen and oxygen atoms in total. The number of pyridine rings is 1. The minimum absolute atomic E-state index is 0.253. The maximum atomic E-state index is 12.5. The summed E-state index contributed by atoms with van der Waals surface area (Å²) in [6.45, 7) is 1.31. The molecule has 0 saturated carbocycles. The maximum absolute atomic E-state index is 12.5. The van der Waals surface area contributed by atoms with Crippen molar-refractivity contribution in [1.82, 2.24) is 4.57 Å². The summed E-state index contributed by atoms with van der Waals surface area (Å²) in [5.41, 5.74) is 1.18. The van der Waals surface area contributed by atoms with Gasteiger partial charge in [-0.25, -0.2) is 0 Å². The summed E-state index contributed by atoms with van der Waals surface area (Å²) < 4.78 is 7.61. The van der Waals surface area contributed by atoms with Crippen LogP contribution in [0.25, 0.3) is 16.6 Å². The van der Waals surface area contributed by atoms with Crippen LogP contribution in [0.3, 0.4) is 0 Å². The fourth-order valence-corrected chi connectivity index (χ4v) is 2.72. The Morgan fingerprint density at radius 3 is 2.50 bits per heavy atom. The van der Waals surface area contributed by atoms with Gasteiger partial charge in [0.25, 0.3) is 5.56 Å². The van der Waals surface area contributed by atoms with Gasteiger partial charge in [0.1, 0.15) is 5.75 Å². The smallest absolute Gasteiger partial charge is 0.308 e. The van der Waals surface area contributed by atoms with Crippen molar-refractivity contribution in [3.8, 4) is 11.4 Å². The number of benzene rings is 2. The van der Waals surface area contributed by atoms with E-state index in [2.05, 4.69) is 15.9 Å². The molecule has 0 aliphatic rings. The highest BCUT2D eigenvalue weighted by Crippen LogP contribution is 2.28. The van der Waals surface area contributed by atoms with Gasteiger partial charge in [0.05, 0.1) is 5.52 Å². The van der Waals surface area contributed by atoms with E-state index in [-0.39, 0.29) is 11.3 Å². The third kappa shape index (κ3) is 2.67. The second-order valence-corrected chi connectivity index (χ2v) is 5.69. The molecule has 0 saturated heterocycles. The molecule has 0 N–H and O–H groups in total. The van der Waals surface area contributed by atoms with Crippen molar-refractivity contribution in [1.29, 1.82) is 0 Å². The van der Waals surface area contributed by atoms with Crippen LogP contribution in [0.1, 0.15) is 6.92 Å². The molecule has 5 heteroatoms. The first-order valence-electron chi connectivity index (χ1n) is 6.65. The quantitative estimate of drug-likeness (QED) is 0.657. The summed E-state index contributed by atoms with van der Waals surface area (Å²) >= 11 is 3.40. The highest BCUT2D eigenvalue weighted by Gasteiger charge is 2.13. The number of ether oxygens (including phenoxy) is 1. The van der Waals surface area contributed by atoms with Crippen LogP contribution in [-0.2, 0) is 4.79 Å². The first kappa shape index (κ1) is 14.5. The predicted octanol–water partition coefficient (Wildman–Crippen LogP) is 3.68. The summed E-state index contributed by atoms with van der Waals surface area (Å²) in [4.78, 5) is 23.7. The molecule has 1 aromatic heterocycles. The molecular formula is C17H12BrNO3. The van der Waals surface area contributed by atoms with E-state index < -0.39 is 5.97 Å². The lowest BCUT2D eigenvalue weighted by atomic mass is 10.2. The molecule has 0 radical (unpaired) electrons. The number of halogens is 1. The largest absolute Gasteiger partial charge is 0.426 e. The van der Waals surface area contributed by atoms with Crippen LogP contribution in [-0.4, -0.2) is 10.5 Å². The Hall–Kier alpha value is -2.40. The van der Waals surface area contributed by atoms with Gasteiger partial charge in [0.2, 0.25) is 0 Å². The molecule has 110 valence electrons. The van der Waals surface area contributed by atoms with Gasteiger partial charge in [-0.15, -0.1) is 0 Å². The second-order valence-electron chi connectivity index (χ2n) is 4.77. The van der Waals surface area contributed by atoms with Crippen molar-refractivity contribution >= 4 is 32.8 Å². The Morgan fingerprint density at radius 1 is 1.09 bits per heavy atom. The molecule has 0 atom stereocenters. The van der Waals surface area contributed by atoms with E-state index in [4.69, 9.17) is 4.74 Å². The first-order chi connectivity index (χ1) is 10.6. The van der Waals surface area contributed by atoms with Crippen molar-refractivity contribution in [3.63, 3.8) is 0 Å². The number of carbonyl (C=O) groups is 1. The standard InChI is InChI=1S/C17H12BrNO3/c1-11(20)22-16-10-17(21)19(13-5-3-2-4-6-13)15-8-7-12(18)9-14(15)16/h2-10H,1H3. The monoisotopic (exact) mass is 357 g/mol. The van der Waals surface area contributed by atoms with Crippen molar-refractivity contribution in [2.24, 2.45) is 0 Å². The lowest BCUT2D eigenvalue weighted by Gasteiger charge is -2.13. The van der Waals surface area contributed by atoms with E-state index in [0.29, 0.717) is 10.9 Å². The van der Waals surface area contributed by atoms with E-state index in [1.54, 1.807) is 4.57 Å². The molecule has 1 heterocycles. The molecule has 0 aliphatic heterocycles. The summed E-state index contributed by atoms with van der Waals surface area (Å²) in [7, 11) is 0. The zero-order chi connectivity index (χ0) is 15.7. The highest BCUT2D eigenvalue weighted by atomic mass is 79.9. The highest BCUT2D eigenvalue weighted by molar-refractivity contribution is 9.10. The number of aromatic nitrogens is 1. The van der Waals surface area contributed by atoms with Gasteiger partial charge in [0, 0.05) is 28.5 Å². The van der Waals surface area contributed by atoms with E-state index in [1.807, 2.05) is 48.5 Å². The third-order valence-electron chi connectivity index (χ3n) is 3.21. The number of hydrogen-bond acceptors (Lipinski definition) is 3. The van der Waals surface area contributed by atoms with Gasteiger partial charge in [-0.05, 0) is 30.3 Å². The lowest BCUT2D eigenvalue weighted by Crippen LogP contribution is -2.19.